The van der Waals surface area contributed by atoms with Crippen LogP contribution in [0.2, 0.25) is 0 Å². The maximum atomic E-state index is 12.8. The molecule has 0 saturated carbocycles. The Labute approximate surface area is 195 Å². The monoisotopic (exact) mass is 470 g/mol. The van der Waals surface area contributed by atoms with Crippen molar-refractivity contribution in [3.8, 4) is 0 Å². The van der Waals surface area contributed by atoms with Crippen molar-refractivity contribution < 1.29 is 18.0 Å². The molecule has 2 aliphatic rings. The van der Waals surface area contributed by atoms with Gasteiger partial charge in [0.15, 0.2) is 0 Å². The van der Waals surface area contributed by atoms with E-state index in [4.69, 9.17) is 0 Å². The zero-order valence-electron chi connectivity index (χ0n) is 18.9. The Morgan fingerprint density at radius 2 is 1.52 bits per heavy atom. The van der Waals surface area contributed by atoms with E-state index in [2.05, 4.69) is 10.2 Å². The number of nitrogens with zero attached hydrogens (tertiary/aromatic N) is 3. The second-order valence-electron chi connectivity index (χ2n) is 8.65. The third-order valence-electron chi connectivity index (χ3n) is 6.22. The number of benzene rings is 2. The number of piperazine rings is 1. The molecule has 2 aliphatic heterocycles. The molecule has 2 amide bonds. The molecule has 9 heteroatoms. The number of nitrogens with one attached hydrogen (secondary N) is 1. The van der Waals surface area contributed by atoms with Gasteiger partial charge in [-0.05, 0) is 49.7 Å². The number of carbonyl (C=O) groups excluding carboxylic acids is 2. The molecule has 33 heavy (non-hydrogen) atoms. The first-order valence-electron chi connectivity index (χ1n) is 11.3. The standard InChI is InChI=1S/C24H30N4O4S/c1-26-14-16-28(17-15-26)33(31,32)18-19-8-10-20(11-9-19)23(29)25-22-7-3-2-6-21(22)24(30)27-12-4-5-13-27/h2-3,6-11H,4-5,12-18H2,1H3,(H,25,29). The molecule has 8 nitrogen and oxygen atoms in total. The summed E-state index contributed by atoms with van der Waals surface area (Å²) in [5.74, 6) is -0.510. The van der Waals surface area contributed by atoms with E-state index in [1.54, 1.807) is 53.4 Å². The SMILES string of the molecule is CN1CCN(S(=O)(=O)Cc2ccc(C(=O)Nc3ccccc3C(=O)N3CCCC3)cc2)CC1. The molecule has 0 aliphatic carbocycles. The minimum absolute atomic E-state index is 0.0761. The molecule has 176 valence electrons. The van der Waals surface area contributed by atoms with Crippen LogP contribution in [0.25, 0.3) is 0 Å². The van der Waals surface area contributed by atoms with Crippen molar-refractivity contribution in [2.45, 2.75) is 18.6 Å². The number of amides is 2. The molecule has 1 N–H and O–H groups in total. The van der Waals surface area contributed by atoms with Gasteiger partial charge in [0.1, 0.15) is 0 Å². The summed E-state index contributed by atoms with van der Waals surface area (Å²) in [5.41, 5.74) is 1.98. The fourth-order valence-corrected chi connectivity index (χ4v) is 5.70. The maximum absolute atomic E-state index is 12.8. The first-order chi connectivity index (χ1) is 15.8. The Balaban J connectivity index is 1.42. The minimum atomic E-state index is -3.40. The van der Waals surface area contributed by atoms with Crippen LogP contribution in [-0.4, -0.2) is 80.7 Å². The molecule has 2 aromatic rings. The van der Waals surface area contributed by atoms with E-state index in [1.807, 2.05) is 7.05 Å². The average Bonchev–Trinajstić information content (AvgIpc) is 3.34. The maximum Gasteiger partial charge on any atom is 0.255 e. The van der Waals surface area contributed by atoms with Crippen molar-refractivity contribution in [1.29, 1.82) is 0 Å². The number of likely N-dealkylation sites (N-methyl/N-ethyl adjacent to an activating group) is 1. The Morgan fingerprint density at radius 3 is 2.18 bits per heavy atom. The number of carbonyl (C=O) groups is 2. The van der Waals surface area contributed by atoms with Crippen LogP contribution in [0, 0.1) is 0 Å². The first kappa shape index (κ1) is 23.4. The van der Waals surface area contributed by atoms with Crippen LogP contribution in [0.15, 0.2) is 48.5 Å². The van der Waals surface area contributed by atoms with E-state index in [0.717, 1.165) is 39.0 Å². The van der Waals surface area contributed by atoms with Crippen molar-refractivity contribution in [2.24, 2.45) is 0 Å². The number of para-hydroxylation sites is 1. The van der Waals surface area contributed by atoms with Gasteiger partial charge in [-0.15, -0.1) is 0 Å². The zero-order chi connectivity index (χ0) is 23.4. The molecule has 4 rings (SSSR count). The summed E-state index contributed by atoms with van der Waals surface area (Å²) in [6.45, 7) is 3.91. The summed E-state index contributed by atoms with van der Waals surface area (Å²) in [6, 6.07) is 13.6. The molecular weight excluding hydrogens is 440 g/mol. The van der Waals surface area contributed by atoms with Gasteiger partial charge in [0.05, 0.1) is 17.0 Å². The summed E-state index contributed by atoms with van der Waals surface area (Å²) >= 11 is 0. The third kappa shape index (κ3) is 5.61. The van der Waals surface area contributed by atoms with Crippen LogP contribution < -0.4 is 5.32 Å². The van der Waals surface area contributed by atoms with E-state index in [-0.39, 0.29) is 17.6 Å². The normalized spacial score (nSPS) is 17.8. The lowest BCUT2D eigenvalue weighted by Crippen LogP contribution is -2.47. The van der Waals surface area contributed by atoms with Gasteiger partial charge < -0.3 is 15.1 Å². The van der Waals surface area contributed by atoms with Crippen LogP contribution in [0.3, 0.4) is 0 Å². The minimum Gasteiger partial charge on any atom is -0.339 e. The smallest absolute Gasteiger partial charge is 0.255 e. The van der Waals surface area contributed by atoms with E-state index < -0.39 is 10.0 Å². The van der Waals surface area contributed by atoms with Crippen LogP contribution in [0.1, 0.15) is 39.1 Å². The molecular formula is C24H30N4O4S. The lowest BCUT2D eigenvalue weighted by molar-refractivity contribution is 0.0794. The fraction of sp³-hybridized carbons (Fsp3) is 0.417. The summed E-state index contributed by atoms with van der Waals surface area (Å²) in [5, 5.41) is 2.84. The van der Waals surface area contributed by atoms with Gasteiger partial charge in [-0.2, -0.15) is 4.31 Å². The first-order valence-corrected chi connectivity index (χ1v) is 12.9. The highest BCUT2D eigenvalue weighted by Crippen LogP contribution is 2.21. The highest BCUT2D eigenvalue weighted by molar-refractivity contribution is 7.88. The highest BCUT2D eigenvalue weighted by atomic mass is 32.2. The van der Waals surface area contributed by atoms with Crippen LogP contribution in [-0.2, 0) is 15.8 Å². The summed E-state index contributed by atoms with van der Waals surface area (Å²) < 4.78 is 27.0. The van der Waals surface area contributed by atoms with Gasteiger partial charge in [-0.25, -0.2) is 8.42 Å². The van der Waals surface area contributed by atoms with E-state index in [1.165, 1.54) is 4.31 Å². The molecule has 2 fully saturated rings. The number of rotatable bonds is 6. The second-order valence-corrected chi connectivity index (χ2v) is 10.6. The molecule has 0 radical (unpaired) electrons. The van der Waals surface area contributed by atoms with Crippen molar-refractivity contribution >= 4 is 27.5 Å². The number of anilines is 1. The van der Waals surface area contributed by atoms with Gasteiger partial charge in [0, 0.05) is 44.8 Å². The summed E-state index contributed by atoms with van der Waals surface area (Å²) in [6.07, 6.45) is 1.99. The molecule has 0 bridgehead atoms. The van der Waals surface area contributed by atoms with Crippen LogP contribution >= 0.6 is 0 Å². The molecule has 2 heterocycles. The average molecular weight is 471 g/mol. The van der Waals surface area contributed by atoms with E-state index in [9.17, 15) is 18.0 Å². The number of likely N-dealkylation sites (tertiary alicyclic amines) is 1. The number of sulfonamides is 1. The summed E-state index contributed by atoms with van der Waals surface area (Å²) in [4.78, 5) is 29.6. The molecule has 0 aromatic heterocycles. The lowest BCUT2D eigenvalue weighted by Gasteiger charge is -2.31. The third-order valence-corrected chi connectivity index (χ3v) is 8.07. The van der Waals surface area contributed by atoms with Gasteiger partial charge in [0.2, 0.25) is 10.0 Å². The Kier molecular flexibility index (Phi) is 7.11. The molecule has 2 aromatic carbocycles. The largest absolute Gasteiger partial charge is 0.339 e. The van der Waals surface area contributed by atoms with Gasteiger partial charge in [0.25, 0.3) is 11.8 Å². The van der Waals surface area contributed by atoms with E-state index in [0.29, 0.717) is 35.5 Å². The van der Waals surface area contributed by atoms with Gasteiger partial charge >= 0.3 is 0 Å². The fourth-order valence-electron chi connectivity index (χ4n) is 4.18. The van der Waals surface area contributed by atoms with Crippen molar-refractivity contribution in [2.75, 3.05) is 51.6 Å². The second kappa shape index (κ2) is 10.0. The van der Waals surface area contributed by atoms with Gasteiger partial charge in [-0.3, -0.25) is 9.59 Å². The van der Waals surface area contributed by atoms with E-state index >= 15 is 0 Å². The van der Waals surface area contributed by atoms with Crippen molar-refractivity contribution in [3.63, 3.8) is 0 Å². The molecule has 0 spiro atoms. The lowest BCUT2D eigenvalue weighted by atomic mass is 10.1. The van der Waals surface area contributed by atoms with Crippen LogP contribution in [0.5, 0.6) is 0 Å². The quantitative estimate of drug-likeness (QED) is 0.700. The number of hydrogen-bond acceptors (Lipinski definition) is 5. The van der Waals surface area contributed by atoms with Gasteiger partial charge in [-0.1, -0.05) is 24.3 Å². The predicted octanol–water partition coefficient (Wildman–Crippen LogP) is 2.25. The predicted molar refractivity (Wildman–Crippen MR) is 128 cm³/mol. The van der Waals surface area contributed by atoms with Crippen LogP contribution in [0.4, 0.5) is 5.69 Å². The number of hydrogen-bond donors (Lipinski definition) is 1. The Morgan fingerprint density at radius 1 is 0.879 bits per heavy atom. The summed E-state index contributed by atoms with van der Waals surface area (Å²) in [7, 11) is -1.42. The van der Waals surface area contributed by atoms with Crippen molar-refractivity contribution in [1.82, 2.24) is 14.1 Å². The Hall–Kier alpha value is -2.75. The molecule has 0 atom stereocenters. The highest BCUT2D eigenvalue weighted by Gasteiger charge is 2.26. The zero-order valence-corrected chi connectivity index (χ0v) is 19.7. The Bertz CT molecular complexity index is 1100. The topological polar surface area (TPSA) is 90.0 Å². The molecule has 0 unspecified atom stereocenters. The molecule has 2 saturated heterocycles. The van der Waals surface area contributed by atoms with Crippen molar-refractivity contribution in [3.05, 3.63) is 65.2 Å².